The number of hydrogen-bond donors (Lipinski definition) is 1. The summed E-state index contributed by atoms with van der Waals surface area (Å²) >= 11 is 0. The van der Waals surface area contributed by atoms with Crippen molar-refractivity contribution in [2.75, 3.05) is 0 Å². The van der Waals surface area contributed by atoms with E-state index in [1.54, 1.807) is 0 Å². The monoisotopic (exact) mass is 223 g/mol. The normalized spacial score (nSPS) is 33.9. The third-order valence-electron chi connectivity index (χ3n) is 4.78. The van der Waals surface area contributed by atoms with Gasteiger partial charge in [-0.2, -0.15) is 0 Å². The molecule has 0 heterocycles. The van der Waals surface area contributed by atoms with Crippen LogP contribution in [0.4, 0.5) is 0 Å². The zero-order valence-electron chi connectivity index (χ0n) is 10.5. The van der Waals surface area contributed by atoms with E-state index in [0.29, 0.717) is 5.78 Å². The average molecular weight is 223 g/mol. The lowest BCUT2D eigenvalue weighted by Crippen LogP contribution is -2.49. The van der Waals surface area contributed by atoms with E-state index in [1.165, 1.54) is 19.3 Å². The summed E-state index contributed by atoms with van der Waals surface area (Å²) in [6.45, 7) is 2.26. The minimum Gasteiger partial charge on any atom is -0.319 e. The predicted octanol–water partition coefficient (Wildman–Crippen LogP) is 3.04. The van der Waals surface area contributed by atoms with Gasteiger partial charge in [-0.1, -0.05) is 26.2 Å². The van der Waals surface area contributed by atoms with Crippen molar-refractivity contribution < 1.29 is 4.79 Å². The second-order valence-electron chi connectivity index (χ2n) is 5.85. The van der Waals surface area contributed by atoms with Gasteiger partial charge in [-0.25, -0.2) is 0 Å². The SMILES string of the molecule is CCC1CCC(C(=O)C2(N)CCCC2)CC1. The van der Waals surface area contributed by atoms with Gasteiger partial charge in [0.1, 0.15) is 0 Å². The highest BCUT2D eigenvalue weighted by Gasteiger charge is 2.41. The fraction of sp³-hybridized carbons (Fsp3) is 0.929. The molecule has 0 aromatic heterocycles. The highest BCUT2D eigenvalue weighted by molar-refractivity contribution is 5.90. The van der Waals surface area contributed by atoms with Gasteiger partial charge in [0.05, 0.1) is 5.54 Å². The van der Waals surface area contributed by atoms with E-state index in [0.717, 1.165) is 44.4 Å². The maximum Gasteiger partial charge on any atom is 0.155 e. The first-order valence-corrected chi connectivity index (χ1v) is 6.99. The number of rotatable bonds is 3. The third kappa shape index (κ3) is 2.32. The molecular formula is C14H25NO. The Hall–Kier alpha value is -0.370. The van der Waals surface area contributed by atoms with Crippen LogP contribution in [0.1, 0.15) is 64.7 Å². The molecule has 2 fully saturated rings. The summed E-state index contributed by atoms with van der Waals surface area (Å²) in [4.78, 5) is 12.4. The van der Waals surface area contributed by atoms with E-state index in [1.807, 2.05) is 0 Å². The van der Waals surface area contributed by atoms with E-state index in [4.69, 9.17) is 5.73 Å². The Morgan fingerprint density at radius 1 is 1.19 bits per heavy atom. The fourth-order valence-corrected chi connectivity index (χ4v) is 3.49. The van der Waals surface area contributed by atoms with Crippen LogP contribution in [0.15, 0.2) is 0 Å². The first-order chi connectivity index (χ1) is 7.65. The van der Waals surface area contributed by atoms with Crippen LogP contribution in [0.3, 0.4) is 0 Å². The molecule has 0 aliphatic heterocycles. The van der Waals surface area contributed by atoms with Gasteiger partial charge in [0, 0.05) is 5.92 Å². The fourth-order valence-electron chi connectivity index (χ4n) is 3.49. The van der Waals surface area contributed by atoms with Crippen molar-refractivity contribution in [2.24, 2.45) is 17.6 Å². The van der Waals surface area contributed by atoms with E-state index in [9.17, 15) is 4.79 Å². The number of carbonyl (C=O) groups is 1. The van der Waals surface area contributed by atoms with Crippen LogP contribution in [0.5, 0.6) is 0 Å². The molecule has 2 heteroatoms. The third-order valence-corrected chi connectivity index (χ3v) is 4.78. The van der Waals surface area contributed by atoms with Crippen molar-refractivity contribution in [3.8, 4) is 0 Å². The second kappa shape index (κ2) is 4.87. The Labute approximate surface area is 99.0 Å². The van der Waals surface area contributed by atoms with Gasteiger partial charge in [0.2, 0.25) is 0 Å². The highest BCUT2D eigenvalue weighted by atomic mass is 16.1. The van der Waals surface area contributed by atoms with E-state index in [-0.39, 0.29) is 5.92 Å². The van der Waals surface area contributed by atoms with E-state index < -0.39 is 5.54 Å². The molecule has 0 atom stereocenters. The van der Waals surface area contributed by atoms with Gasteiger partial charge in [-0.05, 0) is 44.4 Å². The molecule has 0 spiro atoms. The van der Waals surface area contributed by atoms with Gasteiger partial charge >= 0.3 is 0 Å². The minimum absolute atomic E-state index is 0.283. The summed E-state index contributed by atoms with van der Waals surface area (Å²) in [5, 5.41) is 0. The molecule has 16 heavy (non-hydrogen) atoms. The Balaban J connectivity index is 1.91. The molecule has 0 bridgehead atoms. The van der Waals surface area contributed by atoms with Gasteiger partial charge in [0.25, 0.3) is 0 Å². The van der Waals surface area contributed by atoms with Crippen molar-refractivity contribution >= 4 is 5.78 Å². The lowest BCUT2D eigenvalue weighted by atomic mass is 9.74. The van der Waals surface area contributed by atoms with Crippen LogP contribution < -0.4 is 5.73 Å². The minimum atomic E-state index is -0.441. The van der Waals surface area contributed by atoms with E-state index in [2.05, 4.69) is 6.92 Å². The first kappa shape index (κ1) is 12.1. The number of hydrogen-bond acceptors (Lipinski definition) is 2. The molecule has 0 aromatic rings. The smallest absolute Gasteiger partial charge is 0.155 e. The topological polar surface area (TPSA) is 43.1 Å². The number of Topliss-reactive ketones (excluding diaryl/α,β-unsaturated/α-hetero) is 1. The molecule has 2 N–H and O–H groups in total. The molecule has 2 rings (SSSR count). The Morgan fingerprint density at radius 3 is 2.25 bits per heavy atom. The van der Waals surface area contributed by atoms with Crippen molar-refractivity contribution in [1.82, 2.24) is 0 Å². The molecule has 2 saturated carbocycles. The van der Waals surface area contributed by atoms with Gasteiger partial charge in [-0.15, -0.1) is 0 Å². The van der Waals surface area contributed by atoms with Gasteiger partial charge < -0.3 is 5.73 Å². The van der Waals surface area contributed by atoms with Gasteiger partial charge in [-0.3, -0.25) is 4.79 Å². The van der Waals surface area contributed by atoms with Crippen LogP contribution in [0.2, 0.25) is 0 Å². The molecule has 0 amide bonds. The molecule has 0 aromatic carbocycles. The van der Waals surface area contributed by atoms with E-state index >= 15 is 0 Å². The number of carbonyl (C=O) groups excluding carboxylic acids is 1. The maximum atomic E-state index is 12.4. The number of nitrogens with two attached hydrogens (primary N) is 1. The van der Waals surface area contributed by atoms with Crippen molar-refractivity contribution in [3.05, 3.63) is 0 Å². The maximum absolute atomic E-state index is 12.4. The summed E-state index contributed by atoms with van der Waals surface area (Å²) in [6.07, 6.45) is 10.1. The molecule has 0 unspecified atom stereocenters. The molecule has 2 nitrogen and oxygen atoms in total. The summed E-state index contributed by atoms with van der Waals surface area (Å²) in [6, 6.07) is 0. The predicted molar refractivity (Wildman–Crippen MR) is 66.1 cm³/mol. The van der Waals surface area contributed by atoms with Crippen LogP contribution >= 0.6 is 0 Å². The summed E-state index contributed by atoms with van der Waals surface area (Å²) in [7, 11) is 0. The van der Waals surface area contributed by atoms with Gasteiger partial charge in [0.15, 0.2) is 5.78 Å². The molecule has 92 valence electrons. The average Bonchev–Trinajstić information content (AvgIpc) is 2.77. The quantitative estimate of drug-likeness (QED) is 0.799. The lowest BCUT2D eigenvalue weighted by molar-refractivity contribution is -0.129. The lowest BCUT2D eigenvalue weighted by Gasteiger charge is -2.32. The molecule has 0 saturated heterocycles. The summed E-state index contributed by atoms with van der Waals surface area (Å²) < 4.78 is 0. The molecule has 2 aliphatic rings. The molecule has 0 radical (unpaired) electrons. The first-order valence-electron chi connectivity index (χ1n) is 6.99. The van der Waals surface area contributed by atoms with Crippen molar-refractivity contribution in [2.45, 2.75) is 70.3 Å². The zero-order chi connectivity index (χ0) is 11.6. The Morgan fingerprint density at radius 2 is 1.75 bits per heavy atom. The Kier molecular flexibility index (Phi) is 3.68. The summed E-state index contributed by atoms with van der Waals surface area (Å²) in [5.74, 6) is 1.53. The molecule has 2 aliphatic carbocycles. The largest absolute Gasteiger partial charge is 0.319 e. The van der Waals surface area contributed by atoms with Crippen molar-refractivity contribution in [1.29, 1.82) is 0 Å². The number of ketones is 1. The highest BCUT2D eigenvalue weighted by Crippen LogP contribution is 2.37. The van der Waals surface area contributed by atoms with Crippen molar-refractivity contribution in [3.63, 3.8) is 0 Å². The van der Waals surface area contributed by atoms with Crippen LogP contribution in [0.25, 0.3) is 0 Å². The molecular weight excluding hydrogens is 198 g/mol. The van der Waals surface area contributed by atoms with Crippen LogP contribution in [-0.2, 0) is 4.79 Å². The van der Waals surface area contributed by atoms with Crippen LogP contribution in [0, 0.1) is 11.8 Å². The standard InChI is InChI=1S/C14H25NO/c1-2-11-5-7-12(8-6-11)13(16)14(15)9-3-4-10-14/h11-12H,2-10,15H2,1H3. The second-order valence-corrected chi connectivity index (χ2v) is 5.85. The summed E-state index contributed by atoms with van der Waals surface area (Å²) in [5.41, 5.74) is 5.81. The zero-order valence-corrected chi connectivity index (χ0v) is 10.5. The Bertz CT molecular complexity index is 247. The van der Waals surface area contributed by atoms with Crippen LogP contribution in [-0.4, -0.2) is 11.3 Å².